The average molecular weight is 538 g/mol. The summed E-state index contributed by atoms with van der Waals surface area (Å²) in [6, 6.07) is 8.91. The number of primary sulfonamides is 1. The lowest BCUT2D eigenvalue weighted by Crippen LogP contribution is -2.24. The fourth-order valence-corrected chi connectivity index (χ4v) is 6.36. The Balaban J connectivity index is 1.69. The number of nitrogens with zero attached hydrogens (tertiary/aromatic N) is 4. The number of aromatic nitrogens is 6. The second-order valence-corrected chi connectivity index (χ2v) is 10.9. The first-order valence-corrected chi connectivity index (χ1v) is 13.7. The number of anilines is 1. The molecule has 2 aromatic heterocycles. The minimum Gasteiger partial charge on any atom is -0.369 e. The van der Waals surface area contributed by atoms with E-state index >= 15 is 0 Å². The number of para-hydroxylation sites is 1. The predicted octanol–water partition coefficient (Wildman–Crippen LogP) is 0.956. The van der Waals surface area contributed by atoms with Crippen LogP contribution in [0.5, 0.6) is 0 Å². The zero-order valence-electron chi connectivity index (χ0n) is 20.3. The van der Waals surface area contributed by atoms with Crippen LogP contribution in [0.4, 0.5) is 5.95 Å². The van der Waals surface area contributed by atoms with Crippen molar-refractivity contribution in [2.75, 3.05) is 18.8 Å². The van der Waals surface area contributed by atoms with Crippen molar-refractivity contribution in [1.29, 1.82) is 0 Å². The van der Waals surface area contributed by atoms with Gasteiger partial charge in [-0.2, -0.15) is 5.21 Å². The number of carbonyl (C=O) groups excluding carboxylic acids is 2. The Morgan fingerprint density at radius 1 is 1.21 bits per heavy atom. The van der Waals surface area contributed by atoms with Gasteiger partial charge < -0.3 is 16.0 Å². The van der Waals surface area contributed by atoms with Gasteiger partial charge in [-0.1, -0.05) is 24.3 Å². The number of hydrogen-bond acceptors (Lipinski definition) is 10. The van der Waals surface area contributed by atoms with E-state index in [9.17, 15) is 18.0 Å². The molecule has 7 N–H and O–H groups in total. The highest BCUT2D eigenvalue weighted by molar-refractivity contribution is 7.89. The fraction of sp³-hybridized carbons (Fsp3) is 0.333. The maximum Gasteiger partial charge on any atom is 0.239 e. The number of ketones is 1. The van der Waals surface area contributed by atoms with Gasteiger partial charge in [0.25, 0.3) is 0 Å². The van der Waals surface area contributed by atoms with Crippen molar-refractivity contribution >= 4 is 39.1 Å². The summed E-state index contributed by atoms with van der Waals surface area (Å²) in [4.78, 5) is 29.9. The molecule has 1 fully saturated rings. The van der Waals surface area contributed by atoms with Crippen LogP contribution in [0, 0.1) is 11.8 Å². The highest BCUT2D eigenvalue weighted by Gasteiger charge is 2.31. The molecule has 0 amide bonds. The van der Waals surface area contributed by atoms with Crippen molar-refractivity contribution in [3.63, 3.8) is 0 Å². The number of nitrogens with two attached hydrogens (primary N) is 2. The summed E-state index contributed by atoms with van der Waals surface area (Å²) < 4.78 is 26.3. The molecule has 1 saturated heterocycles. The van der Waals surface area contributed by atoms with Crippen LogP contribution in [-0.2, 0) is 26.0 Å². The van der Waals surface area contributed by atoms with Gasteiger partial charge in [0.15, 0.2) is 18.0 Å². The summed E-state index contributed by atoms with van der Waals surface area (Å²) in [7, 11) is -4.28. The molecule has 1 aliphatic rings. The molecule has 2 atom stereocenters. The number of imidazole rings is 1. The van der Waals surface area contributed by atoms with Gasteiger partial charge in [0.1, 0.15) is 0 Å². The number of benzene rings is 2. The largest absolute Gasteiger partial charge is 0.369 e. The Hall–Kier alpha value is -4.01. The molecule has 5 rings (SSSR count). The van der Waals surface area contributed by atoms with Crippen LogP contribution in [-0.4, -0.2) is 64.2 Å². The van der Waals surface area contributed by atoms with Crippen LogP contribution in [0.3, 0.4) is 0 Å². The number of H-pyrrole nitrogens is 2. The lowest BCUT2D eigenvalue weighted by molar-refractivity contribution is -0.130. The third-order valence-corrected chi connectivity index (χ3v) is 8.09. The van der Waals surface area contributed by atoms with Crippen LogP contribution < -0.4 is 16.2 Å². The maximum atomic E-state index is 13.2. The fourth-order valence-electron chi connectivity index (χ4n) is 5.35. The van der Waals surface area contributed by atoms with Gasteiger partial charge in [0, 0.05) is 12.0 Å². The van der Waals surface area contributed by atoms with E-state index in [2.05, 4.69) is 35.9 Å². The summed E-state index contributed by atoms with van der Waals surface area (Å²) in [6.07, 6.45) is 2.07. The summed E-state index contributed by atoms with van der Waals surface area (Å²) in [5, 5.41) is 23.4. The van der Waals surface area contributed by atoms with E-state index in [1.165, 1.54) is 0 Å². The minimum atomic E-state index is -4.28. The van der Waals surface area contributed by atoms with E-state index < -0.39 is 15.8 Å². The molecule has 0 bridgehead atoms. The van der Waals surface area contributed by atoms with Crippen molar-refractivity contribution < 1.29 is 18.0 Å². The first-order valence-electron chi connectivity index (χ1n) is 12.1. The Labute approximate surface area is 217 Å². The number of fused-ring (bicyclic) bond motifs is 1. The van der Waals surface area contributed by atoms with Crippen molar-refractivity contribution in [3.8, 4) is 22.5 Å². The molecule has 38 heavy (non-hydrogen) atoms. The Morgan fingerprint density at radius 2 is 2.05 bits per heavy atom. The second-order valence-electron chi connectivity index (χ2n) is 9.42. The third-order valence-electron chi connectivity index (χ3n) is 7.06. The van der Waals surface area contributed by atoms with E-state index in [-0.39, 0.29) is 40.5 Å². The molecule has 1 aliphatic heterocycles. The van der Waals surface area contributed by atoms with Crippen LogP contribution in [0.15, 0.2) is 35.2 Å². The number of carbonyl (C=O) groups is 2. The van der Waals surface area contributed by atoms with Crippen molar-refractivity contribution in [1.82, 2.24) is 35.9 Å². The highest BCUT2D eigenvalue weighted by atomic mass is 32.2. The molecule has 0 aliphatic carbocycles. The smallest absolute Gasteiger partial charge is 0.239 e. The predicted molar refractivity (Wildman–Crippen MR) is 139 cm³/mol. The van der Waals surface area contributed by atoms with Crippen LogP contribution >= 0.6 is 0 Å². The summed E-state index contributed by atoms with van der Waals surface area (Å²) in [6.45, 7) is 1.57. The molecule has 14 heteroatoms. The first kappa shape index (κ1) is 25.6. The van der Waals surface area contributed by atoms with Gasteiger partial charge >= 0.3 is 0 Å². The number of aromatic amines is 2. The lowest BCUT2D eigenvalue weighted by Gasteiger charge is -2.25. The number of sulfonamides is 1. The van der Waals surface area contributed by atoms with Crippen molar-refractivity contribution in [2.45, 2.75) is 30.6 Å². The molecule has 4 aromatic rings. The normalized spacial score (nSPS) is 16.6. The number of aldehydes is 1. The minimum absolute atomic E-state index is 0.0607. The average Bonchev–Trinajstić information content (AvgIpc) is 3.66. The molecule has 3 heterocycles. The van der Waals surface area contributed by atoms with Gasteiger partial charge in [0.2, 0.25) is 15.8 Å². The summed E-state index contributed by atoms with van der Waals surface area (Å²) in [5.41, 5.74) is 8.93. The standard InChI is InChI=1S/C24H27N9O4S/c25-24-28-19-3-1-2-18(21(19)29-24)17-7-5-14(22(38(26,36)37)20(17)23-30-32-33-31-23)10-13(4-6-16(35)12-34)15-8-9-27-11-15/h1-3,5,7,12-13,15,27H,4,6,8-11H2,(H3,25,28,29)(H2,26,36,37)(H,30,31,32,33)/t13?,15-/m0/s1. The zero-order chi connectivity index (χ0) is 26.9. The van der Waals surface area contributed by atoms with Gasteiger partial charge in [-0.25, -0.2) is 18.5 Å². The Bertz CT molecular complexity index is 1590. The third kappa shape index (κ3) is 5.05. The monoisotopic (exact) mass is 537 g/mol. The van der Waals surface area contributed by atoms with E-state index in [4.69, 9.17) is 10.9 Å². The van der Waals surface area contributed by atoms with Crippen molar-refractivity contribution in [2.24, 2.45) is 17.0 Å². The quantitative estimate of drug-likeness (QED) is 0.142. The van der Waals surface area contributed by atoms with Crippen LogP contribution in [0.2, 0.25) is 0 Å². The second kappa shape index (κ2) is 10.4. The number of hydrogen-bond donors (Lipinski definition) is 5. The first-order chi connectivity index (χ1) is 18.3. The highest BCUT2D eigenvalue weighted by Crippen LogP contribution is 2.41. The van der Waals surface area contributed by atoms with Gasteiger partial charge in [-0.05, 0) is 66.6 Å². The molecule has 0 spiro atoms. The number of nitrogen functional groups attached to an aromatic ring is 1. The maximum absolute atomic E-state index is 13.2. The van der Waals surface area contributed by atoms with E-state index in [1.54, 1.807) is 24.3 Å². The number of nitrogens with one attached hydrogen (secondary N) is 3. The Kier molecular flexibility index (Phi) is 7.01. The molecule has 0 saturated carbocycles. The van der Waals surface area contributed by atoms with Gasteiger partial charge in [0.05, 0.1) is 21.5 Å². The Morgan fingerprint density at radius 3 is 2.74 bits per heavy atom. The lowest BCUT2D eigenvalue weighted by atomic mass is 9.81. The molecular formula is C24H27N9O4S. The van der Waals surface area contributed by atoms with Crippen LogP contribution in [0.25, 0.3) is 33.5 Å². The molecule has 13 nitrogen and oxygen atoms in total. The molecule has 1 unspecified atom stereocenters. The number of rotatable bonds is 10. The van der Waals surface area contributed by atoms with Crippen molar-refractivity contribution in [3.05, 3.63) is 35.9 Å². The van der Waals surface area contributed by atoms with Gasteiger partial charge in [-0.3, -0.25) is 9.59 Å². The summed E-state index contributed by atoms with van der Waals surface area (Å²) in [5.74, 6) is -0.0605. The molecule has 198 valence electrons. The number of Topliss-reactive ketones (excluding diaryl/α,β-unsaturated/α-hetero) is 1. The van der Waals surface area contributed by atoms with Crippen LogP contribution in [0.1, 0.15) is 24.8 Å². The molecule has 2 aromatic carbocycles. The SMILES string of the molecule is Nc1nc2cccc(-c3ccc(CC(CCC(=O)C=O)[C@H]4CCNC4)c(S(N)(=O)=O)c3-c3nn[nH]n3)c2[nH]1. The summed E-state index contributed by atoms with van der Waals surface area (Å²) >= 11 is 0. The zero-order valence-corrected chi connectivity index (χ0v) is 21.2. The molecular weight excluding hydrogens is 510 g/mol. The molecule has 0 radical (unpaired) electrons. The van der Waals surface area contributed by atoms with E-state index in [0.29, 0.717) is 46.9 Å². The van der Waals surface area contributed by atoms with E-state index in [0.717, 1.165) is 19.5 Å². The number of tetrazole rings is 1. The topological polar surface area (TPSA) is 215 Å². The van der Waals surface area contributed by atoms with Gasteiger partial charge in [-0.15, -0.1) is 10.2 Å². The van der Waals surface area contributed by atoms with E-state index in [1.807, 2.05) is 6.07 Å².